The lowest BCUT2D eigenvalue weighted by Crippen LogP contribution is -2.60. The molecule has 3 N–H and O–H groups in total. The lowest BCUT2D eigenvalue weighted by Gasteiger charge is -2.47. The molecule has 1 saturated heterocycles. The number of nitrogens with one attached hydrogen (secondary N) is 3. The van der Waals surface area contributed by atoms with Crippen molar-refractivity contribution < 1.29 is 13.6 Å². The van der Waals surface area contributed by atoms with Crippen molar-refractivity contribution in [2.75, 3.05) is 19.6 Å². The Morgan fingerprint density at radius 2 is 1.08 bits per heavy atom. The van der Waals surface area contributed by atoms with E-state index in [1.807, 2.05) is 72.8 Å². The lowest BCUT2D eigenvalue weighted by molar-refractivity contribution is -0.124. The first-order valence-electron chi connectivity index (χ1n) is 19.3. The summed E-state index contributed by atoms with van der Waals surface area (Å²) < 4.78 is 34.9. The summed E-state index contributed by atoms with van der Waals surface area (Å²) >= 11 is 0. The van der Waals surface area contributed by atoms with Crippen LogP contribution in [0.4, 0.5) is 8.78 Å². The molecular formula is C47H41ClF2N6O3. The summed E-state index contributed by atoms with van der Waals surface area (Å²) in [5, 5.41) is 3.59. The number of para-hydroxylation sites is 2. The third-order valence-electron chi connectivity index (χ3n) is 11.8. The van der Waals surface area contributed by atoms with E-state index in [2.05, 4.69) is 24.4 Å². The second-order valence-corrected chi connectivity index (χ2v) is 14.9. The predicted molar refractivity (Wildman–Crippen MR) is 229 cm³/mol. The van der Waals surface area contributed by atoms with Gasteiger partial charge in [0.15, 0.2) is 0 Å². The maximum absolute atomic E-state index is 15.4. The molecule has 0 spiro atoms. The first-order chi connectivity index (χ1) is 28.2. The number of benzene rings is 4. The quantitative estimate of drug-likeness (QED) is 0.130. The van der Waals surface area contributed by atoms with E-state index in [4.69, 9.17) is 0 Å². The third-order valence-corrected chi connectivity index (χ3v) is 11.8. The fourth-order valence-electron chi connectivity index (χ4n) is 9.00. The van der Waals surface area contributed by atoms with Crippen LogP contribution >= 0.6 is 12.4 Å². The van der Waals surface area contributed by atoms with Gasteiger partial charge in [-0.25, -0.2) is 8.78 Å². The molecular weight excluding hydrogens is 770 g/mol. The Balaban J connectivity index is 0.00000484. The minimum absolute atomic E-state index is 0. The molecule has 0 atom stereocenters. The van der Waals surface area contributed by atoms with Crippen LogP contribution in [0.3, 0.4) is 0 Å². The molecule has 4 aromatic heterocycles. The summed E-state index contributed by atoms with van der Waals surface area (Å²) in [6.07, 6.45) is 1.26. The minimum atomic E-state index is -1.42. The Bertz CT molecular complexity index is 2800. The fraction of sp³-hybridized carbons (Fsp3) is 0.170. The van der Waals surface area contributed by atoms with Gasteiger partial charge in [0, 0.05) is 78.5 Å². The number of halogens is 3. The maximum Gasteiger partial charge on any atom is 0.248 e. The Hall–Kier alpha value is -6.56. The van der Waals surface area contributed by atoms with Crippen LogP contribution in [0.5, 0.6) is 0 Å². The number of carbonyl (C=O) groups excluding carboxylic acids is 1. The summed E-state index contributed by atoms with van der Waals surface area (Å²) in [6.45, 7) is 4.40. The standard InChI is InChI=1S/C47H40F2N6O3.ClH/c1-29-31(11-9-17-35(29)48)25-39-43(45-37(19-21-41(57)51-45)54(39)33-13-5-3-6-14-33)47(27-50-23-24-53(47)28-56)44-40(26-32-12-10-18-36(49)30(32)2)55(34-15-7-4-8-16-34)38-20-22-42(58)52-46(38)44;/h3-22,28,50H,23-27H2,1-2H3,(H,51,57)(H,52,58);1H. The summed E-state index contributed by atoms with van der Waals surface area (Å²) in [6, 6.07) is 35.9. The van der Waals surface area contributed by atoms with Gasteiger partial charge in [0.05, 0.1) is 22.1 Å². The van der Waals surface area contributed by atoms with Crippen molar-refractivity contribution in [2.45, 2.75) is 32.2 Å². The van der Waals surface area contributed by atoms with Gasteiger partial charge >= 0.3 is 0 Å². The molecule has 9 nitrogen and oxygen atoms in total. The van der Waals surface area contributed by atoms with Crippen molar-refractivity contribution in [3.05, 3.63) is 198 Å². The number of fused-ring (bicyclic) bond motifs is 2. The van der Waals surface area contributed by atoms with Crippen molar-refractivity contribution in [3.63, 3.8) is 0 Å². The van der Waals surface area contributed by atoms with E-state index in [-0.39, 0.29) is 61.1 Å². The van der Waals surface area contributed by atoms with Gasteiger partial charge in [-0.15, -0.1) is 12.4 Å². The van der Waals surface area contributed by atoms with Crippen LogP contribution in [0.1, 0.15) is 44.8 Å². The van der Waals surface area contributed by atoms with Gasteiger partial charge < -0.3 is 29.3 Å². The Kier molecular flexibility index (Phi) is 10.4. The zero-order valence-electron chi connectivity index (χ0n) is 32.4. The van der Waals surface area contributed by atoms with Crippen LogP contribution < -0.4 is 16.4 Å². The Morgan fingerprint density at radius 3 is 1.53 bits per heavy atom. The normalized spacial score (nSPS) is 13.8. The van der Waals surface area contributed by atoms with E-state index in [9.17, 15) is 14.4 Å². The van der Waals surface area contributed by atoms with Crippen molar-refractivity contribution >= 4 is 40.9 Å². The molecule has 298 valence electrons. The predicted octanol–water partition coefficient (Wildman–Crippen LogP) is 7.75. The molecule has 0 saturated carbocycles. The number of carbonyl (C=O) groups is 1. The van der Waals surface area contributed by atoms with Crippen LogP contribution in [-0.2, 0) is 23.2 Å². The molecule has 59 heavy (non-hydrogen) atoms. The summed E-state index contributed by atoms with van der Waals surface area (Å²) in [4.78, 5) is 49.0. The first-order valence-corrected chi connectivity index (χ1v) is 19.3. The van der Waals surface area contributed by atoms with Crippen LogP contribution in [0.15, 0.2) is 131 Å². The van der Waals surface area contributed by atoms with Gasteiger partial charge in [-0.1, -0.05) is 60.7 Å². The van der Waals surface area contributed by atoms with Gasteiger partial charge in [0.1, 0.15) is 17.2 Å². The molecule has 5 heterocycles. The number of rotatable bonds is 9. The van der Waals surface area contributed by atoms with Gasteiger partial charge in [-0.3, -0.25) is 14.4 Å². The third kappa shape index (κ3) is 6.47. The Labute approximate surface area is 344 Å². The molecule has 0 radical (unpaired) electrons. The monoisotopic (exact) mass is 810 g/mol. The van der Waals surface area contributed by atoms with Gasteiger partial charge in [0.25, 0.3) is 0 Å². The number of hydrogen-bond acceptors (Lipinski definition) is 4. The largest absolute Gasteiger partial charge is 0.329 e. The number of hydrogen-bond donors (Lipinski definition) is 3. The van der Waals surface area contributed by atoms with E-state index in [0.717, 1.165) is 28.9 Å². The van der Waals surface area contributed by atoms with Crippen molar-refractivity contribution in [1.82, 2.24) is 29.3 Å². The smallest absolute Gasteiger partial charge is 0.248 e. The molecule has 8 aromatic rings. The van der Waals surface area contributed by atoms with Gasteiger partial charge in [0.2, 0.25) is 17.5 Å². The molecule has 0 bridgehead atoms. The van der Waals surface area contributed by atoms with Crippen LogP contribution in [0.25, 0.3) is 33.4 Å². The van der Waals surface area contributed by atoms with E-state index >= 15 is 8.78 Å². The molecule has 0 aliphatic carbocycles. The molecule has 1 aliphatic rings. The number of H-pyrrole nitrogens is 2. The van der Waals surface area contributed by atoms with Crippen LogP contribution in [0, 0.1) is 25.5 Å². The van der Waals surface area contributed by atoms with Gasteiger partial charge in [-0.2, -0.15) is 0 Å². The number of aromatic nitrogens is 4. The van der Waals surface area contributed by atoms with Crippen LogP contribution in [0.2, 0.25) is 0 Å². The second kappa shape index (κ2) is 15.7. The average Bonchev–Trinajstić information content (AvgIpc) is 3.73. The molecule has 12 heteroatoms. The molecule has 4 aromatic carbocycles. The lowest BCUT2D eigenvalue weighted by atomic mass is 9.76. The van der Waals surface area contributed by atoms with Crippen molar-refractivity contribution in [3.8, 4) is 11.4 Å². The highest BCUT2D eigenvalue weighted by molar-refractivity contribution is 5.91. The average molecular weight is 811 g/mol. The zero-order chi connectivity index (χ0) is 40.1. The molecule has 1 amide bonds. The maximum atomic E-state index is 15.4. The topological polar surface area (TPSA) is 108 Å². The number of aromatic amines is 2. The summed E-state index contributed by atoms with van der Waals surface area (Å²) in [5.41, 5.74) is 6.82. The minimum Gasteiger partial charge on any atom is -0.329 e. The number of pyridine rings is 2. The highest BCUT2D eigenvalue weighted by Gasteiger charge is 2.50. The first kappa shape index (κ1) is 39.3. The highest BCUT2D eigenvalue weighted by atomic mass is 35.5. The number of amides is 1. The van der Waals surface area contributed by atoms with Crippen molar-refractivity contribution in [2.24, 2.45) is 0 Å². The number of nitrogens with zero attached hydrogens (tertiary/aromatic N) is 3. The SMILES string of the molecule is Cc1c(F)cccc1Cc1c(C2(c3c(Cc4cccc(F)c4C)n(-c4ccccc4)c4ccc(=O)[nH]c34)CNCCN2C=O)c2[nH]c(=O)ccc2n1-c1ccccc1.Cl. The Morgan fingerprint density at radius 1 is 0.627 bits per heavy atom. The molecule has 0 unspecified atom stereocenters. The fourth-order valence-corrected chi connectivity index (χ4v) is 9.00. The van der Waals surface area contributed by atoms with Crippen molar-refractivity contribution in [1.29, 1.82) is 0 Å². The summed E-state index contributed by atoms with van der Waals surface area (Å²) in [7, 11) is 0. The van der Waals surface area contributed by atoms with Gasteiger partial charge in [-0.05, 0) is 84.6 Å². The highest BCUT2D eigenvalue weighted by Crippen LogP contribution is 2.49. The molecule has 1 fully saturated rings. The van der Waals surface area contributed by atoms with E-state index in [0.29, 0.717) is 62.3 Å². The molecule has 1 aliphatic heterocycles. The summed E-state index contributed by atoms with van der Waals surface area (Å²) in [5.74, 6) is -0.704. The second-order valence-electron chi connectivity index (χ2n) is 14.9. The van der Waals surface area contributed by atoms with Crippen LogP contribution in [-0.4, -0.2) is 50.0 Å². The zero-order valence-corrected chi connectivity index (χ0v) is 33.2. The van der Waals surface area contributed by atoms with E-state index < -0.39 is 5.54 Å². The van der Waals surface area contributed by atoms with E-state index in [1.165, 1.54) is 24.3 Å². The molecule has 9 rings (SSSR count). The van der Waals surface area contributed by atoms with E-state index in [1.54, 1.807) is 43.0 Å². The number of piperazine rings is 1.